The van der Waals surface area contributed by atoms with E-state index < -0.39 is 0 Å². The van der Waals surface area contributed by atoms with Crippen molar-refractivity contribution in [2.24, 2.45) is 0 Å². The Bertz CT molecular complexity index is 567. The summed E-state index contributed by atoms with van der Waals surface area (Å²) in [5.74, 6) is 1.05. The van der Waals surface area contributed by atoms with Gasteiger partial charge in [-0.3, -0.25) is 0 Å². The van der Waals surface area contributed by atoms with Crippen molar-refractivity contribution in [3.63, 3.8) is 0 Å². The molecule has 1 aliphatic heterocycles. The maximum Gasteiger partial charge on any atom is 0.134 e. The van der Waals surface area contributed by atoms with E-state index >= 15 is 0 Å². The van der Waals surface area contributed by atoms with E-state index in [2.05, 4.69) is 42.3 Å². The first-order valence-corrected chi connectivity index (χ1v) is 7.16. The summed E-state index contributed by atoms with van der Waals surface area (Å²) < 4.78 is 5.81. The minimum absolute atomic E-state index is 1.04. The largest absolute Gasteiger partial charge is 0.461 e. The molecule has 102 valence electrons. The highest BCUT2D eigenvalue weighted by Crippen LogP contribution is 2.28. The molecule has 1 aromatic heterocycles. The molecule has 0 atom stereocenters. The van der Waals surface area contributed by atoms with Crippen molar-refractivity contribution in [1.82, 2.24) is 10.2 Å². The number of fused-ring (bicyclic) bond motifs is 1. The van der Waals surface area contributed by atoms with E-state index in [-0.39, 0.29) is 0 Å². The quantitative estimate of drug-likeness (QED) is 0.917. The molecule has 1 N–H and O–H groups in total. The Morgan fingerprint density at radius 2 is 2.00 bits per heavy atom. The zero-order valence-electron chi connectivity index (χ0n) is 11.8. The van der Waals surface area contributed by atoms with Crippen molar-refractivity contribution in [3.05, 3.63) is 35.1 Å². The Balaban J connectivity index is 1.80. The van der Waals surface area contributed by atoms with Gasteiger partial charge < -0.3 is 14.6 Å². The molecule has 0 spiro atoms. The van der Waals surface area contributed by atoms with E-state index in [0.717, 1.165) is 37.4 Å². The second kappa shape index (κ2) is 5.35. The predicted molar refractivity (Wildman–Crippen MR) is 78.7 cm³/mol. The van der Waals surface area contributed by atoms with Gasteiger partial charge in [-0.1, -0.05) is 12.1 Å². The standard InChI is InChI=1S/C16H22N2O/c1-12-13(2)19-15-5-3-4-14(16(12)15)6-9-18-10-7-17-8-11-18/h3-5,17H,6-11H2,1-2H3. The second-order valence-electron chi connectivity index (χ2n) is 5.42. The van der Waals surface area contributed by atoms with Crippen molar-refractivity contribution < 1.29 is 4.42 Å². The Labute approximate surface area is 114 Å². The molecular weight excluding hydrogens is 236 g/mol. The van der Waals surface area contributed by atoms with E-state index in [9.17, 15) is 0 Å². The van der Waals surface area contributed by atoms with Crippen molar-refractivity contribution in [3.8, 4) is 0 Å². The second-order valence-corrected chi connectivity index (χ2v) is 5.42. The molecule has 0 unspecified atom stereocenters. The molecule has 1 fully saturated rings. The number of rotatable bonds is 3. The molecule has 1 aliphatic rings. The molecule has 1 aromatic carbocycles. The summed E-state index contributed by atoms with van der Waals surface area (Å²) in [4.78, 5) is 2.54. The first-order valence-electron chi connectivity index (χ1n) is 7.16. The number of hydrogen-bond acceptors (Lipinski definition) is 3. The van der Waals surface area contributed by atoms with Crippen LogP contribution in [0.2, 0.25) is 0 Å². The highest BCUT2D eigenvalue weighted by Gasteiger charge is 2.13. The van der Waals surface area contributed by atoms with E-state index in [1.54, 1.807) is 0 Å². The van der Waals surface area contributed by atoms with Gasteiger partial charge in [-0.25, -0.2) is 0 Å². The average Bonchev–Trinajstić information content (AvgIpc) is 2.74. The van der Waals surface area contributed by atoms with Gasteiger partial charge in [-0.15, -0.1) is 0 Å². The van der Waals surface area contributed by atoms with Gasteiger partial charge in [0.05, 0.1) is 0 Å². The van der Waals surface area contributed by atoms with Gasteiger partial charge in [0.15, 0.2) is 0 Å². The molecule has 3 nitrogen and oxygen atoms in total. The number of benzene rings is 1. The number of piperazine rings is 1. The number of nitrogens with one attached hydrogen (secondary N) is 1. The number of hydrogen-bond donors (Lipinski definition) is 1. The fourth-order valence-corrected chi connectivity index (χ4v) is 2.93. The van der Waals surface area contributed by atoms with Crippen LogP contribution >= 0.6 is 0 Å². The molecule has 19 heavy (non-hydrogen) atoms. The summed E-state index contributed by atoms with van der Waals surface area (Å²) in [7, 11) is 0. The normalized spacial score (nSPS) is 17.2. The van der Waals surface area contributed by atoms with Crippen LogP contribution in [0.1, 0.15) is 16.9 Å². The van der Waals surface area contributed by atoms with Crippen molar-refractivity contribution in [1.29, 1.82) is 0 Å². The van der Waals surface area contributed by atoms with Gasteiger partial charge in [-0.05, 0) is 37.5 Å². The van der Waals surface area contributed by atoms with Crippen LogP contribution in [0.4, 0.5) is 0 Å². The lowest BCUT2D eigenvalue weighted by molar-refractivity contribution is 0.244. The lowest BCUT2D eigenvalue weighted by Gasteiger charge is -2.27. The predicted octanol–water partition coefficient (Wildman–Crippen LogP) is 2.50. The monoisotopic (exact) mass is 258 g/mol. The van der Waals surface area contributed by atoms with Gasteiger partial charge in [-0.2, -0.15) is 0 Å². The summed E-state index contributed by atoms with van der Waals surface area (Å²) >= 11 is 0. The van der Waals surface area contributed by atoms with Crippen LogP contribution in [0.25, 0.3) is 11.0 Å². The molecule has 2 heterocycles. The Hall–Kier alpha value is -1.32. The summed E-state index contributed by atoms with van der Waals surface area (Å²) in [6.07, 6.45) is 1.11. The first-order chi connectivity index (χ1) is 9.25. The highest BCUT2D eigenvalue weighted by atomic mass is 16.3. The summed E-state index contributed by atoms with van der Waals surface area (Å²) in [6.45, 7) is 9.93. The zero-order valence-corrected chi connectivity index (χ0v) is 11.8. The van der Waals surface area contributed by atoms with Gasteiger partial charge in [0.1, 0.15) is 11.3 Å². The van der Waals surface area contributed by atoms with Gasteiger partial charge in [0.25, 0.3) is 0 Å². The number of nitrogens with zero attached hydrogens (tertiary/aromatic N) is 1. The summed E-state index contributed by atoms with van der Waals surface area (Å²) in [6, 6.07) is 6.42. The van der Waals surface area contributed by atoms with Gasteiger partial charge >= 0.3 is 0 Å². The molecule has 1 saturated heterocycles. The molecular formula is C16H22N2O. The van der Waals surface area contributed by atoms with Crippen LogP contribution in [-0.2, 0) is 6.42 Å². The molecule has 0 saturated carbocycles. The molecule has 3 rings (SSSR count). The number of aryl methyl sites for hydroxylation is 2. The molecule has 0 aliphatic carbocycles. The minimum Gasteiger partial charge on any atom is -0.461 e. The van der Waals surface area contributed by atoms with Crippen LogP contribution in [0.5, 0.6) is 0 Å². The van der Waals surface area contributed by atoms with Crippen molar-refractivity contribution in [2.45, 2.75) is 20.3 Å². The van der Waals surface area contributed by atoms with Crippen molar-refractivity contribution in [2.75, 3.05) is 32.7 Å². The van der Waals surface area contributed by atoms with Crippen LogP contribution < -0.4 is 5.32 Å². The van der Waals surface area contributed by atoms with E-state index in [1.807, 2.05) is 0 Å². The maximum absolute atomic E-state index is 5.81. The lowest BCUT2D eigenvalue weighted by atomic mass is 10.0. The molecule has 3 heteroatoms. The van der Waals surface area contributed by atoms with Crippen molar-refractivity contribution >= 4 is 11.0 Å². The first kappa shape index (κ1) is 12.7. The van der Waals surface area contributed by atoms with Crippen LogP contribution in [-0.4, -0.2) is 37.6 Å². The van der Waals surface area contributed by atoms with Gasteiger partial charge in [0.2, 0.25) is 0 Å². The average molecular weight is 258 g/mol. The van der Waals surface area contributed by atoms with Gasteiger partial charge in [0, 0.05) is 38.1 Å². The van der Waals surface area contributed by atoms with E-state index in [1.165, 1.54) is 29.6 Å². The van der Waals surface area contributed by atoms with Crippen LogP contribution in [0.3, 0.4) is 0 Å². The molecule has 2 aromatic rings. The van der Waals surface area contributed by atoms with Crippen LogP contribution in [0, 0.1) is 13.8 Å². The number of furan rings is 1. The lowest BCUT2D eigenvalue weighted by Crippen LogP contribution is -2.44. The summed E-state index contributed by atoms with van der Waals surface area (Å²) in [5, 5.41) is 4.73. The fraction of sp³-hybridized carbons (Fsp3) is 0.500. The topological polar surface area (TPSA) is 28.4 Å². The maximum atomic E-state index is 5.81. The Kier molecular flexibility index (Phi) is 3.58. The Morgan fingerprint density at radius 3 is 2.79 bits per heavy atom. The smallest absolute Gasteiger partial charge is 0.134 e. The summed E-state index contributed by atoms with van der Waals surface area (Å²) in [5.41, 5.74) is 3.75. The molecule has 0 amide bonds. The SMILES string of the molecule is Cc1oc2cccc(CCN3CCNCC3)c2c1C. The molecule has 0 bridgehead atoms. The van der Waals surface area contributed by atoms with Crippen LogP contribution in [0.15, 0.2) is 22.6 Å². The Morgan fingerprint density at radius 1 is 1.21 bits per heavy atom. The third-order valence-electron chi connectivity index (χ3n) is 4.19. The third kappa shape index (κ3) is 2.53. The van der Waals surface area contributed by atoms with E-state index in [0.29, 0.717) is 0 Å². The molecule has 0 radical (unpaired) electrons. The fourth-order valence-electron chi connectivity index (χ4n) is 2.93. The van der Waals surface area contributed by atoms with E-state index in [4.69, 9.17) is 4.42 Å². The third-order valence-corrected chi connectivity index (χ3v) is 4.19. The zero-order chi connectivity index (χ0) is 13.2. The minimum atomic E-state index is 1.04. The highest BCUT2D eigenvalue weighted by molar-refractivity contribution is 5.85.